The van der Waals surface area contributed by atoms with Crippen LogP contribution >= 0.6 is 0 Å². The number of nitrogens with zero attached hydrogens (tertiary/aromatic N) is 2. The lowest BCUT2D eigenvalue weighted by Gasteiger charge is -2.09. The van der Waals surface area contributed by atoms with Gasteiger partial charge in [-0.3, -0.25) is 4.79 Å². The van der Waals surface area contributed by atoms with Gasteiger partial charge in [-0.15, -0.1) is 0 Å². The molecule has 0 saturated carbocycles. The van der Waals surface area contributed by atoms with E-state index in [1.165, 1.54) is 13.0 Å². The molecule has 3 rings (SSSR count). The van der Waals surface area contributed by atoms with Crippen LogP contribution < -0.4 is 10.6 Å². The van der Waals surface area contributed by atoms with Gasteiger partial charge in [0.15, 0.2) is 5.78 Å². The number of hydrogen-bond donors (Lipinski definition) is 2. The standard InChI is InChI=1S/C19H17FN4O/c1-13(25)14-6-4-7-16(11-14)23-19-21-10-9-18(24-19)22-12-15-5-2-3-8-17(15)20/h2-11H,12H2,1H3,(H2,21,22,23,24). The van der Waals surface area contributed by atoms with Crippen LogP contribution in [0.25, 0.3) is 0 Å². The number of ketones is 1. The van der Waals surface area contributed by atoms with E-state index in [-0.39, 0.29) is 11.6 Å². The smallest absolute Gasteiger partial charge is 0.229 e. The average Bonchev–Trinajstić information content (AvgIpc) is 2.61. The van der Waals surface area contributed by atoms with E-state index in [1.54, 1.807) is 48.7 Å². The molecule has 0 radical (unpaired) electrons. The Morgan fingerprint density at radius 3 is 2.76 bits per heavy atom. The number of Topliss-reactive ketones (excluding diaryl/α,β-unsaturated/α-hetero) is 1. The highest BCUT2D eigenvalue weighted by atomic mass is 19.1. The largest absolute Gasteiger partial charge is 0.366 e. The third-order valence-electron chi connectivity index (χ3n) is 3.60. The highest BCUT2D eigenvalue weighted by molar-refractivity contribution is 5.95. The Labute approximate surface area is 145 Å². The lowest BCUT2D eigenvalue weighted by atomic mass is 10.1. The molecule has 0 aliphatic carbocycles. The first-order valence-electron chi connectivity index (χ1n) is 7.80. The molecule has 3 aromatic rings. The van der Waals surface area contributed by atoms with Crippen LogP contribution in [0.4, 0.5) is 21.8 Å². The molecule has 0 fully saturated rings. The molecular formula is C19H17FN4O. The van der Waals surface area contributed by atoms with Gasteiger partial charge in [-0.2, -0.15) is 4.98 Å². The highest BCUT2D eigenvalue weighted by Gasteiger charge is 2.05. The Bertz CT molecular complexity index is 898. The van der Waals surface area contributed by atoms with Crippen molar-refractivity contribution in [2.45, 2.75) is 13.5 Å². The first-order chi connectivity index (χ1) is 12.1. The van der Waals surface area contributed by atoms with Gasteiger partial charge in [-0.05, 0) is 31.2 Å². The molecule has 0 saturated heterocycles. The number of nitrogens with one attached hydrogen (secondary N) is 2. The van der Waals surface area contributed by atoms with E-state index in [0.717, 1.165) is 5.69 Å². The molecule has 6 heteroatoms. The van der Waals surface area contributed by atoms with Gasteiger partial charge in [-0.25, -0.2) is 9.37 Å². The van der Waals surface area contributed by atoms with Gasteiger partial charge >= 0.3 is 0 Å². The lowest BCUT2D eigenvalue weighted by Crippen LogP contribution is -2.05. The van der Waals surface area contributed by atoms with Crippen LogP contribution in [0.15, 0.2) is 60.8 Å². The summed E-state index contributed by atoms with van der Waals surface area (Å²) in [5, 5.41) is 6.13. The van der Waals surface area contributed by atoms with E-state index in [9.17, 15) is 9.18 Å². The van der Waals surface area contributed by atoms with Crippen LogP contribution in [-0.4, -0.2) is 15.8 Å². The predicted molar refractivity (Wildman–Crippen MR) is 95.5 cm³/mol. The Kier molecular flexibility index (Phi) is 4.99. The van der Waals surface area contributed by atoms with Gasteiger partial charge in [0.25, 0.3) is 0 Å². The number of rotatable bonds is 6. The predicted octanol–water partition coefficient (Wildman–Crippen LogP) is 4.17. The van der Waals surface area contributed by atoms with Gasteiger partial charge in [0.05, 0.1) is 0 Å². The molecule has 2 N–H and O–H groups in total. The first kappa shape index (κ1) is 16.6. The van der Waals surface area contributed by atoms with Gasteiger partial charge in [-0.1, -0.05) is 30.3 Å². The number of carbonyl (C=O) groups is 1. The van der Waals surface area contributed by atoms with Crippen molar-refractivity contribution >= 4 is 23.2 Å². The maximum Gasteiger partial charge on any atom is 0.229 e. The fraction of sp³-hybridized carbons (Fsp3) is 0.105. The average molecular weight is 336 g/mol. The second-order valence-electron chi connectivity index (χ2n) is 5.47. The van der Waals surface area contributed by atoms with Gasteiger partial charge in [0, 0.05) is 29.6 Å². The van der Waals surface area contributed by atoms with Crippen LogP contribution in [0.3, 0.4) is 0 Å². The topological polar surface area (TPSA) is 66.9 Å². The first-order valence-corrected chi connectivity index (χ1v) is 7.80. The van der Waals surface area contributed by atoms with Gasteiger partial charge in [0.2, 0.25) is 5.95 Å². The van der Waals surface area contributed by atoms with Crippen molar-refractivity contribution < 1.29 is 9.18 Å². The van der Waals surface area contributed by atoms with Gasteiger partial charge in [0.1, 0.15) is 11.6 Å². The molecule has 25 heavy (non-hydrogen) atoms. The monoisotopic (exact) mass is 336 g/mol. The zero-order chi connectivity index (χ0) is 17.6. The molecule has 0 atom stereocenters. The maximum atomic E-state index is 13.6. The van der Waals surface area contributed by atoms with E-state index in [2.05, 4.69) is 20.6 Å². The summed E-state index contributed by atoms with van der Waals surface area (Å²) in [5.74, 6) is 0.691. The normalized spacial score (nSPS) is 10.3. The third-order valence-corrected chi connectivity index (χ3v) is 3.60. The molecule has 0 spiro atoms. The third kappa shape index (κ3) is 4.38. The molecule has 5 nitrogen and oxygen atoms in total. The summed E-state index contributed by atoms with van der Waals surface area (Å²) >= 11 is 0. The molecule has 0 unspecified atom stereocenters. The van der Waals surface area contributed by atoms with E-state index < -0.39 is 0 Å². The van der Waals surface area contributed by atoms with Crippen LogP contribution in [0.5, 0.6) is 0 Å². The molecule has 1 heterocycles. The molecule has 0 bridgehead atoms. The second kappa shape index (κ2) is 7.53. The van der Waals surface area contributed by atoms with Crippen molar-refractivity contribution in [3.63, 3.8) is 0 Å². The molecule has 1 aromatic heterocycles. The van der Waals surface area contributed by atoms with Crippen molar-refractivity contribution in [2.75, 3.05) is 10.6 Å². The Hall–Kier alpha value is -3.28. The Balaban J connectivity index is 1.70. The quantitative estimate of drug-likeness (QED) is 0.661. The van der Waals surface area contributed by atoms with E-state index >= 15 is 0 Å². The fourth-order valence-electron chi connectivity index (χ4n) is 2.29. The van der Waals surface area contributed by atoms with Crippen molar-refractivity contribution in [1.29, 1.82) is 0 Å². The summed E-state index contributed by atoms with van der Waals surface area (Å²) < 4.78 is 13.6. The number of benzene rings is 2. The summed E-state index contributed by atoms with van der Waals surface area (Å²) in [6.07, 6.45) is 1.61. The minimum Gasteiger partial charge on any atom is -0.366 e. The molecule has 0 aliphatic rings. The van der Waals surface area contributed by atoms with Gasteiger partial charge < -0.3 is 10.6 Å². The molecular weight excluding hydrogens is 319 g/mol. The Morgan fingerprint density at radius 1 is 1.12 bits per heavy atom. The molecule has 0 aliphatic heterocycles. The zero-order valence-electron chi connectivity index (χ0n) is 13.7. The number of hydrogen-bond acceptors (Lipinski definition) is 5. The van der Waals surface area contributed by atoms with Crippen LogP contribution in [0.2, 0.25) is 0 Å². The summed E-state index contributed by atoms with van der Waals surface area (Å²) in [6.45, 7) is 1.84. The van der Waals surface area contributed by atoms with Crippen molar-refractivity contribution in [1.82, 2.24) is 9.97 Å². The zero-order valence-corrected chi connectivity index (χ0v) is 13.7. The van der Waals surface area contributed by atoms with E-state index in [1.807, 2.05) is 6.07 Å². The lowest BCUT2D eigenvalue weighted by molar-refractivity contribution is 0.101. The number of halogens is 1. The second-order valence-corrected chi connectivity index (χ2v) is 5.47. The van der Waals surface area contributed by atoms with E-state index in [4.69, 9.17) is 0 Å². The Morgan fingerprint density at radius 2 is 1.96 bits per heavy atom. The number of aromatic nitrogens is 2. The van der Waals surface area contributed by atoms with Crippen LogP contribution in [0.1, 0.15) is 22.8 Å². The fourth-order valence-corrected chi connectivity index (χ4v) is 2.29. The minimum absolute atomic E-state index is 0.00938. The molecule has 126 valence electrons. The summed E-state index contributed by atoms with van der Waals surface area (Å²) in [7, 11) is 0. The van der Waals surface area contributed by atoms with Crippen molar-refractivity contribution in [3.8, 4) is 0 Å². The SMILES string of the molecule is CC(=O)c1cccc(Nc2nccc(NCc3ccccc3F)n2)c1. The minimum atomic E-state index is -0.261. The van der Waals surface area contributed by atoms with E-state index in [0.29, 0.717) is 29.4 Å². The molecule has 0 amide bonds. The maximum absolute atomic E-state index is 13.6. The van der Waals surface area contributed by atoms with Crippen molar-refractivity contribution in [3.05, 3.63) is 77.7 Å². The summed E-state index contributed by atoms with van der Waals surface area (Å²) in [5.41, 5.74) is 1.89. The summed E-state index contributed by atoms with van der Waals surface area (Å²) in [6, 6.07) is 15.4. The molecule has 2 aromatic carbocycles. The number of anilines is 3. The highest BCUT2D eigenvalue weighted by Crippen LogP contribution is 2.17. The van der Waals surface area contributed by atoms with Crippen LogP contribution in [0, 0.1) is 5.82 Å². The van der Waals surface area contributed by atoms with Crippen molar-refractivity contribution in [2.24, 2.45) is 0 Å². The van der Waals surface area contributed by atoms with Crippen LogP contribution in [-0.2, 0) is 6.54 Å². The summed E-state index contributed by atoms with van der Waals surface area (Å²) in [4.78, 5) is 20.0. The number of carbonyl (C=O) groups excluding carboxylic acids is 1.